The van der Waals surface area contributed by atoms with E-state index in [9.17, 15) is 0 Å². The van der Waals surface area contributed by atoms with E-state index in [1.165, 1.54) is 24.8 Å². The van der Waals surface area contributed by atoms with Gasteiger partial charge in [-0.1, -0.05) is 30.2 Å². The predicted molar refractivity (Wildman–Crippen MR) is 108 cm³/mol. The molecule has 1 aliphatic carbocycles. The van der Waals surface area contributed by atoms with Crippen LogP contribution in [0.15, 0.2) is 29.3 Å². The number of nitrogens with two attached hydrogens (primary N) is 1. The molecule has 1 heterocycles. The number of benzene rings is 1. The lowest BCUT2D eigenvalue weighted by atomic mass is 9.64. The molecule has 0 aromatic heterocycles. The van der Waals surface area contributed by atoms with Crippen LogP contribution < -0.4 is 5.73 Å². The second kappa shape index (κ2) is 8.11. The fourth-order valence-corrected chi connectivity index (χ4v) is 4.10. The number of rotatable bonds is 3. The van der Waals surface area contributed by atoms with E-state index < -0.39 is 0 Å². The summed E-state index contributed by atoms with van der Waals surface area (Å²) in [6, 6.07) is 8.24. The molecule has 0 atom stereocenters. The predicted octanol–water partition coefficient (Wildman–Crippen LogP) is 3.74. The van der Waals surface area contributed by atoms with Gasteiger partial charge in [-0.25, -0.2) is 0 Å². The minimum atomic E-state index is 0. The van der Waals surface area contributed by atoms with Crippen molar-refractivity contribution in [1.29, 1.82) is 0 Å². The normalized spacial score (nSPS) is 21.0. The Kier molecular flexibility index (Phi) is 6.71. The van der Waals surface area contributed by atoms with Crippen LogP contribution in [-0.2, 0) is 5.41 Å². The van der Waals surface area contributed by atoms with Crippen LogP contribution in [0.3, 0.4) is 0 Å². The number of halogens is 2. The largest absolute Gasteiger partial charge is 0.370 e. The van der Waals surface area contributed by atoms with Gasteiger partial charge in [0, 0.05) is 35.0 Å². The number of thioether (sulfide) groups is 1. The summed E-state index contributed by atoms with van der Waals surface area (Å²) in [5.74, 6) is 3.02. The second-order valence-corrected chi connectivity index (χ2v) is 7.58. The number of guanidine groups is 1. The Morgan fingerprint density at radius 3 is 2.41 bits per heavy atom. The number of hydrogen-bond acceptors (Lipinski definition) is 2. The summed E-state index contributed by atoms with van der Waals surface area (Å²) in [6.07, 6.45) is 3.67. The monoisotopic (exact) mass is 451 g/mol. The average molecular weight is 452 g/mol. The fraction of sp³-hybridized carbons (Fsp3) is 0.562. The molecular formula is C16H23ClIN3S. The molecule has 2 aliphatic rings. The Morgan fingerprint density at radius 2 is 1.86 bits per heavy atom. The highest BCUT2D eigenvalue weighted by Crippen LogP contribution is 2.44. The van der Waals surface area contributed by atoms with Crippen LogP contribution >= 0.6 is 47.3 Å². The maximum Gasteiger partial charge on any atom is 0.191 e. The molecule has 0 bridgehead atoms. The van der Waals surface area contributed by atoms with Crippen molar-refractivity contribution in [3.05, 3.63) is 34.9 Å². The highest BCUT2D eigenvalue weighted by atomic mass is 127. The molecule has 3 rings (SSSR count). The van der Waals surface area contributed by atoms with Gasteiger partial charge in [0.15, 0.2) is 5.96 Å². The first-order valence-corrected chi connectivity index (χ1v) is 9.12. The van der Waals surface area contributed by atoms with Gasteiger partial charge in [-0.15, -0.1) is 24.0 Å². The van der Waals surface area contributed by atoms with Crippen LogP contribution in [-0.4, -0.2) is 42.0 Å². The summed E-state index contributed by atoms with van der Waals surface area (Å²) in [4.78, 5) is 6.93. The zero-order chi connectivity index (χ0) is 14.7. The van der Waals surface area contributed by atoms with Gasteiger partial charge in [-0.2, -0.15) is 11.8 Å². The van der Waals surface area contributed by atoms with Crippen molar-refractivity contribution in [3.8, 4) is 0 Å². The average Bonchev–Trinajstić information content (AvgIpc) is 2.48. The summed E-state index contributed by atoms with van der Waals surface area (Å²) in [6.45, 7) is 2.84. The molecule has 1 aromatic carbocycles. The first-order chi connectivity index (χ1) is 10.2. The molecular weight excluding hydrogens is 429 g/mol. The van der Waals surface area contributed by atoms with Crippen LogP contribution in [0.1, 0.15) is 24.8 Å². The van der Waals surface area contributed by atoms with Crippen LogP contribution in [0.5, 0.6) is 0 Å². The first-order valence-electron chi connectivity index (χ1n) is 7.58. The molecule has 0 amide bonds. The molecule has 122 valence electrons. The number of nitrogens with zero attached hydrogens (tertiary/aromatic N) is 2. The Labute approximate surface area is 159 Å². The molecule has 3 nitrogen and oxygen atoms in total. The molecule has 1 aromatic rings. The van der Waals surface area contributed by atoms with Gasteiger partial charge >= 0.3 is 0 Å². The fourth-order valence-electron chi connectivity index (χ4n) is 3.07. The summed E-state index contributed by atoms with van der Waals surface area (Å²) < 4.78 is 0. The van der Waals surface area contributed by atoms with E-state index in [1.807, 2.05) is 23.9 Å². The van der Waals surface area contributed by atoms with Crippen LogP contribution in [0, 0.1) is 0 Å². The summed E-state index contributed by atoms with van der Waals surface area (Å²) >= 11 is 7.98. The van der Waals surface area contributed by atoms with Crippen molar-refractivity contribution in [2.45, 2.75) is 24.7 Å². The smallest absolute Gasteiger partial charge is 0.191 e. The standard InChI is InChI=1S/C16H22ClN3S.HI/c17-14-4-2-13(3-5-14)16(6-1-7-16)12-19-15(18)20-8-10-21-11-9-20;/h2-5H,1,6-12H2,(H2,18,19);1H. The molecule has 0 spiro atoms. The van der Waals surface area contributed by atoms with Crippen molar-refractivity contribution >= 4 is 53.3 Å². The molecule has 0 unspecified atom stereocenters. The van der Waals surface area contributed by atoms with E-state index in [0.29, 0.717) is 0 Å². The van der Waals surface area contributed by atoms with Crippen molar-refractivity contribution in [2.24, 2.45) is 10.7 Å². The maximum atomic E-state index is 6.18. The van der Waals surface area contributed by atoms with Gasteiger partial charge in [0.05, 0.1) is 6.54 Å². The Bertz CT molecular complexity index is 511. The minimum Gasteiger partial charge on any atom is -0.370 e. The van der Waals surface area contributed by atoms with Gasteiger partial charge in [0.25, 0.3) is 0 Å². The summed E-state index contributed by atoms with van der Waals surface area (Å²) in [7, 11) is 0. The lowest BCUT2D eigenvalue weighted by Gasteiger charge is -2.41. The first kappa shape index (κ1) is 18.2. The van der Waals surface area contributed by atoms with E-state index in [4.69, 9.17) is 22.3 Å². The Balaban J connectivity index is 0.00000176. The Morgan fingerprint density at radius 1 is 1.23 bits per heavy atom. The topological polar surface area (TPSA) is 41.6 Å². The summed E-state index contributed by atoms with van der Waals surface area (Å²) in [5.41, 5.74) is 7.71. The van der Waals surface area contributed by atoms with Crippen molar-refractivity contribution in [2.75, 3.05) is 31.1 Å². The van der Waals surface area contributed by atoms with E-state index in [0.717, 1.165) is 42.1 Å². The number of aliphatic imine (C=N–C) groups is 1. The molecule has 1 saturated carbocycles. The van der Waals surface area contributed by atoms with Gasteiger partial charge in [-0.05, 0) is 30.5 Å². The lowest BCUT2D eigenvalue weighted by Crippen LogP contribution is -2.44. The van der Waals surface area contributed by atoms with Crippen LogP contribution in [0.25, 0.3) is 0 Å². The highest BCUT2D eigenvalue weighted by molar-refractivity contribution is 14.0. The van der Waals surface area contributed by atoms with E-state index >= 15 is 0 Å². The third kappa shape index (κ3) is 4.03. The SMILES string of the molecule is I.NC(=NCC1(c2ccc(Cl)cc2)CCC1)N1CCSCC1. The van der Waals surface area contributed by atoms with Crippen molar-refractivity contribution < 1.29 is 0 Å². The third-order valence-electron chi connectivity index (χ3n) is 4.65. The van der Waals surface area contributed by atoms with Gasteiger partial charge in [0.1, 0.15) is 0 Å². The lowest BCUT2D eigenvalue weighted by molar-refractivity contribution is 0.252. The maximum absolute atomic E-state index is 6.18. The molecule has 1 saturated heterocycles. The van der Waals surface area contributed by atoms with Gasteiger partial charge in [-0.3, -0.25) is 4.99 Å². The van der Waals surface area contributed by atoms with Crippen molar-refractivity contribution in [3.63, 3.8) is 0 Å². The third-order valence-corrected chi connectivity index (χ3v) is 5.84. The quantitative estimate of drug-likeness (QED) is 0.432. The van der Waals surface area contributed by atoms with Gasteiger partial charge in [0.2, 0.25) is 0 Å². The highest BCUT2D eigenvalue weighted by Gasteiger charge is 2.38. The molecule has 0 radical (unpaired) electrons. The summed E-state index contributed by atoms with van der Waals surface area (Å²) in [5, 5.41) is 0.794. The molecule has 6 heteroatoms. The molecule has 2 fully saturated rings. The minimum absolute atomic E-state index is 0. The number of hydrogen-bond donors (Lipinski definition) is 1. The zero-order valence-electron chi connectivity index (χ0n) is 12.6. The second-order valence-electron chi connectivity index (χ2n) is 5.91. The van der Waals surface area contributed by atoms with Gasteiger partial charge < -0.3 is 10.6 Å². The Hall–Kier alpha value is -0.140. The molecule has 2 N–H and O–H groups in total. The molecule has 1 aliphatic heterocycles. The van der Waals surface area contributed by atoms with Crippen molar-refractivity contribution in [1.82, 2.24) is 4.90 Å². The van der Waals surface area contributed by atoms with Crippen LogP contribution in [0.4, 0.5) is 0 Å². The zero-order valence-corrected chi connectivity index (χ0v) is 16.5. The van der Waals surface area contributed by atoms with Crippen LogP contribution in [0.2, 0.25) is 5.02 Å². The molecule has 22 heavy (non-hydrogen) atoms. The van der Waals surface area contributed by atoms with E-state index in [-0.39, 0.29) is 29.4 Å². The van der Waals surface area contributed by atoms with E-state index in [1.54, 1.807) is 0 Å². The van der Waals surface area contributed by atoms with E-state index in [2.05, 4.69) is 17.0 Å².